The maximum Gasteiger partial charge on any atom is 0.290 e. The molecule has 1 aromatic carbocycles. The molecule has 5 heteroatoms. The Labute approximate surface area is 74.1 Å². The zero-order chi connectivity index (χ0) is 9.42. The SMILES string of the molecule is COc1ccc(C)c2c1no[n+]2[O-]. The first-order valence-electron chi connectivity index (χ1n) is 3.77. The molecule has 2 aromatic rings. The van der Waals surface area contributed by atoms with Crippen molar-refractivity contribution in [1.29, 1.82) is 0 Å². The number of hydrogen-bond acceptors (Lipinski definition) is 4. The third kappa shape index (κ3) is 1.00. The first-order chi connectivity index (χ1) is 6.24. The lowest BCUT2D eigenvalue weighted by Gasteiger charge is -1.97. The molecule has 0 radical (unpaired) electrons. The maximum atomic E-state index is 11.1. The van der Waals surface area contributed by atoms with E-state index in [-0.39, 0.29) is 0 Å². The minimum atomic E-state index is 0.382. The average Bonchev–Trinajstić information content (AvgIpc) is 2.50. The second kappa shape index (κ2) is 2.62. The predicted molar refractivity (Wildman–Crippen MR) is 44.3 cm³/mol. The van der Waals surface area contributed by atoms with Gasteiger partial charge in [0.05, 0.1) is 12.3 Å². The first-order valence-corrected chi connectivity index (χ1v) is 3.77. The molecule has 5 nitrogen and oxygen atoms in total. The van der Waals surface area contributed by atoms with Gasteiger partial charge in [-0.1, -0.05) is 6.07 Å². The standard InChI is InChI=1S/C8H8N2O3/c1-5-3-4-6(12-2)7-8(5)10(11)13-9-7/h3-4H,1-2H3. The number of rotatable bonds is 1. The minimum Gasteiger partial charge on any atom is -0.492 e. The van der Waals surface area contributed by atoms with Crippen LogP contribution in [-0.4, -0.2) is 12.3 Å². The highest BCUT2D eigenvalue weighted by atomic mass is 16.8. The molecular weight excluding hydrogens is 172 g/mol. The van der Waals surface area contributed by atoms with E-state index in [9.17, 15) is 5.21 Å². The van der Waals surface area contributed by atoms with Crippen molar-refractivity contribution in [3.05, 3.63) is 22.9 Å². The van der Waals surface area contributed by atoms with Gasteiger partial charge >= 0.3 is 0 Å². The smallest absolute Gasteiger partial charge is 0.290 e. The van der Waals surface area contributed by atoms with Gasteiger partial charge in [0.1, 0.15) is 0 Å². The molecule has 0 saturated heterocycles. The van der Waals surface area contributed by atoms with Gasteiger partial charge in [0.2, 0.25) is 5.52 Å². The van der Waals surface area contributed by atoms with Crippen LogP contribution >= 0.6 is 0 Å². The molecular formula is C8H8N2O3. The van der Waals surface area contributed by atoms with E-state index in [0.717, 1.165) is 5.56 Å². The Kier molecular flexibility index (Phi) is 1.58. The van der Waals surface area contributed by atoms with Gasteiger partial charge in [0, 0.05) is 5.56 Å². The predicted octanol–water partition coefficient (Wildman–Crippen LogP) is 0.778. The van der Waals surface area contributed by atoms with Crippen molar-refractivity contribution < 1.29 is 14.3 Å². The fraction of sp³-hybridized carbons (Fsp3) is 0.250. The lowest BCUT2D eigenvalue weighted by Crippen LogP contribution is -2.23. The summed E-state index contributed by atoms with van der Waals surface area (Å²) in [6.45, 7) is 1.81. The van der Waals surface area contributed by atoms with Gasteiger partial charge in [0.15, 0.2) is 5.75 Å². The molecule has 0 aliphatic heterocycles. The van der Waals surface area contributed by atoms with E-state index >= 15 is 0 Å². The molecule has 0 spiro atoms. The van der Waals surface area contributed by atoms with Crippen LogP contribution in [0.5, 0.6) is 5.75 Å². The summed E-state index contributed by atoms with van der Waals surface area (Å²) in [5.74, 6) is 0.541. The minimum absolute atomic E-state index is 0.382. The van der Waals surface area contributed by atoms with E-state index < -0.39 is 0 Å². The van der Waals surface area contributed by atoms with E-state index in [1.54, 1.807) is 12.1 Å². The van der Waals surface area contributed by atoms with Crippen LogP contribution in [-0.2, 0) is 0 Å². The zero-order valence-electron chi connectivity index (χ0n) is 7.27. The van der Waals surface area contributed by atoms with Crippen LogP contribution in [0.25, 0.3) is 11.0 Å². The fourth-order valence-corrected chi connectivity index (χ4v) is 1.26. The summed E-state index contributed by atoms with van der Waals surface area (Å²) in [6, 6.07) is 3.53. The van der Waals surface area contributed by atoms with Gasteiger partial charge < -0.3 is 9.94 Å². The number of ether oxygens (including phenoxy) is 1. The van der Waals surface area contributed by atoms with Crippen LogP contribution in [0, 0.1) is 12.1 Å². The summed E-state index contributed by atoms with van der Waals surface area (Å²) >= 11 is 0. The Bertz CT molecular complexity index is 450. The van der Waals surface area contributed by atoms with E-state index in [4.69, 9.17) is 4.74 Å². The quantitative estimate of drug-likeness (QED) is 0.608. The summed E-state index contributed by atoms with van der Waals surface area (Å²) in [4.78, 5) is 0.382. The Morgan fingerprint density at radius 1 is 1.54 bits per heavy atom. The number of methoxy groups -OCH3 is 1. The number of nitrogens with zero attached hydrogens (tertiary/aromatic N) is 2. The van der Waals surface area contributed by atoms with Crippen molar-refractivity contribution in [2.24, 2.45) is 0 Å². The van der Waals surface area contributed by atoms with Gasteiger partial charge in [-0.2, -0.15) is 0 Å². The molecule has 0 fully saturated rings. The van der Waals surface area contributed by atoms with Crippen molar-refractivity contribution in [3.8, 4) is 5.75 Å². The van der Waals surface area contributed by atoms with Gasteiger partial charge in [-0.05, 0) is 17.9 Å². The summed E-state index contributed by atoms with van der Waals surface area (Å²) in [5.41, 5.74) is 1.68. The highest BCUT2D eigenvalue weighted by molar-refractivity contribution is 5.80. The van der Waals surface area contributed by atoms with Crippen LogP contribution in [0.2, 0.25) is 0 Å². The number of aromatic nitrogens is 2. The molecule has 1 heterocycles. The largest absolute Gasteiger partial charge is 0.492 e. The molecule has 13 heavy (non-hydrogen) atoms. The van der Waals surface area contributed by atoms with E-state index in [2.05, 4.69) is 9.79 Å². The van der Waals surface area contributed by atoms with Crippen molar-refractivity contribution in [2.45, 2.75) is 6.92 Å². The van der Waals surface area contributed by atoms with Crippen molar-refractivity contribution >= 4 is 11.0 Å². The first kappa shape index (κ1) is 7.85. The molecule has 0 aliphatic carbocycles. The third-order valence-electron chi connectivity index (χ3n) is 1.92. The van der Waals surface area contributed by atoms with Crippen molar-refractivity contribution in [1.82, 2.24) is 5.16 Å². The Morgan fingerprint density at radius 3 is 3.00 bits per heavy atom. The fourth-order valence-electron chi connectivity index (χ4n) is 1.26. The van der Waals surface area contributed by atoms with Gasteiger partial charge in [-0.25, -0.2) is 0 Å². The van der Waals surface area contributed by atoms with E-state index in [1.807, 2.05) is 6.92 Å². The lowest BCUT2D eigenvalue weighted by atomic mass is 10.2. The molecule has 0 amide bonds. The molecule has 0 bridgehead atoms. The third-order valence-corrected chi connectivity index (χ3v) is 1.92. The Balaban J connectivity index is 2.87. The second-order valence-electron chi connectivity index (χ2n) is 2.71. The number of hydrogen-bond donors (Lipinski definition) is 0. The normalized spacial score (nSPS) is 10.6. The average molecular weight is 180 g/mol. The van der Waals surface area contributed by atoms with Crippen molar-refractivity contribution in [2.75, 3.05) is 7.11 Å². The lowest BCUT2D eigenvalue weighted by molar-refractivity contribution is -0.782. The summed E-state index contributed by atoms with van der Waals surface area (Å²) < 4.78 is 9.49. The molecule has 1 aromatic heterocycles. The topological polar surface area (TPSA) is 62.2 Å². The summed E-state index contributed by atoms with van der Waals surface area (Å²) in [6.07, 6.45) is 0. The van der Waals surface area contributed by atoms with Gasteiger partial charge in [-0.15, -0.1) is 0 Å². The monoisotopic (exact) mass is 180 g/mol. The molecule has 68 valence electrons. The van der Waals surface area contributed by atoms with Crippen LogP contribution in [0.4, 0.5) is 0 Å². The molecule has 0 aliphatic rings. The van der Waals surface area contributed by atoms with Crippen LogP contribution < -0.4 is 9.64 Å². The summed E-state index contributed by atoms with van der Waals surface area (Å²) in [5, 5.41) is 14.7. The maximum absolute atomic E-state index is 11.1. The number of aryl methyl sites for hydroxylation is 1. The number of fused-ring (bicyclic) bond motifs is 1. The number of benzene rings is 1. The molecule has 0 atom stereocenters. The zero-order valence-corrected chi connectivity index (χ0v) is 7.27. The van der Waals surface area contributed by atoms with Gasteiger partial charge in [-0.3, -0.25) is 4.63 Å². The van der Waals surface area contributed by atoms with Crippen molar-refractivity contribution in [3.63, 3.8) is 0 Å². The highest BCUT2D eigenvalue weighted by Gasteiger charge is 2.16. The Morgan fingerprint density at radius 2 is 2.31 bits per heavy atom. The van der Waals surface area contributed by atoms with Crippen LogP contribution in [0.1, 0.15) is 5.56 Å². The Hall–Kier alpha value is -1.78. The second-order valence-corrected chi connectivity index (χ2v) is 2.71. The van der Waals surface area contributed by atoms with E-state index in [0.29, 0.717) is 21.7 Å². The molecule has 2 rings (SSSR count). The van der Waals surface area contributed by atoms with Crippen LogP contribution in [0.3, 0.4) is 0 Å². The molecule has 0 unspecified atom stereocenters. The van der Waals surface area contributed by atoms with Gasteiger partial charge in [0.25, 0.3) is 5.52 Å². The van der Waals surface area contributed by atoms with E-state index in [1.165, 1.54) is 7.11 Å². The summed E-state index contributed by atoms with van der Waals surface area (Å²) in [7, 11) is 1.52. The molecule has 0 N–H and O–H groups in total. The highest BCUT2D eigenvalue weighted by Crippen LogP contribution is 2.23. The van der Waals surface area contributed by atoms with Crippen LogP contribution in [0.15, 0.2) is 16.8 Å². The molecule has 0 saturated carbocycles.